The second kappa shape index (κ2) is 22.6. The molecular formula is C41H48O11S. The van der Waals surface area contributed by atoms with Gasteiger partial charge in [0.15, 0.2) is 0 Å². The van der Waals surface area contributed by atoms with Gasteiger partial charge in [0.1, 0.15) is 23.0 Å². The highest BCUT2D eigenvalue weighted by Gasteiger charge is 2.14. The highest BCUT2D eigenvalue weighted by molar-refractivity contribution is 8.00. The zero-order valence-corrected chi connectivity index (χ0v) is 27.1. The first kappa shape index (κ1) is 46.9. The number of esters is 4. The molecule has 4 aromatic carbocycles. The van der Waals surface area contributed by atoms with Crippen molar-refractivity contribution < 1.29 is 51.8 Å². The van der Waals surface area contributed by atoms with E-state index in [9.17, 15) is 23.4 Å². The number of hydrogen-bond donors (Lipinski definition) is 0. The Morgan fingerprint density at radius 2 is 0.811 bits per heavy atom. The summed E-state index contributed by atoms with van der Waals surface area (Å²) in [5.41, 5.74) is 1.36. The zero-order valence-electron chi connectivity index (χ0n) is 26.2. The van der Waals surface area contributed by atoms with Crippen LogP contribution in [0.5, 0.6) is 23.0 Å². The number of carbonyl (C=O) groups is 4. The Morgan fingerprint density at radius 3 is 1.11 bits per heavy atom. The first-order valence-corrected chi connectivity index (χ1v) is 16.3. The number of carbonyl (C=O) groups excluding carboxylic acids is 4. The standard InChI is InChI=1S/C37H32O11S.4CH4/c1-4-34(38)45-24-43-28-10-6-26(7-11-28)22-36(40)47-30-14-18-32(19-15-30)49(3,42)33-20-16-31(17-21-33)48-37(41)23-27-8-12-29(13-9-27)44-25-46-35(39)5-2;;;;/h4-21H,1-3,22-25H2;4*1H4. The van der Waals surface area contributed by atoms with Crippen LogP contribution in [0, 0.1) is 0 Å². The molecule has 284 valence electrons. The molecular weight excluding hydrogens is 701 g/mol. The Bertz CT molecular complexity index is 1760. The number of hydrogen-bond acceptors (Lipinski definition) is 11. The quantitative estimate of drug-likeness (QED) is 0.0365. The molecule has 12 heteroatoms. The number of ether oxygens (including phenoxy) is 6. The fourth-order valence-corrected chi connectivity index (χ4v) is 5.52. The Labute approximate surface area is 312 Å². The molecule has 4 rings (SSSR count). The molecule has 0 heterocycles. The van der Waals surface area contributed by atoms with Crippen molar-refractivity contribution in [2.24, 2.45) is 0 Å². The highest BCUT2D eigenvalue weighted by atomic mass is 32.2. The van der Waals surface area contributed by atoms with Crippen LogP contribution in [0.15, 0.2) is 132 Å². The van der Waals surface area contributed by atoms with Gasteiger partial charge in [-0.05, 0) is 89.8 Å². The van der Waals surface area contributed by atoms with Crippen molar-refractivity contribution >= 4 is 39.3 Å². The lowest BCUT2D eigenvalue weighted by molar-refractivity contribution is -0.145. The van der Waals surface area contributed by atoms with E-state index in [1.165, 1.54) is 24.3 Å². The molecule has 0 aliphatic rings. The summed E-state index contributed by atoms with van der Waals surface area (Å²) in [6.45, 7) is 6.07. The van der Waals surface area contributed by atoms with Crippen molar-refractivity contribution in [1.82, 2.24) is 0 Å². The molecule has 0 N–H and O–H groups in total. The maximum absolute atomic E-state index is 13.6. The van der Waals surface area contributed by atoms with Crippen LogP contribution in [0.25, 0.3) is 0 Å². The molecule has 0 radical (unpaired) electrons. The molecule has 0 aromatic heterocycles. The number of rotatable bonds is 16. The maximum atomic E-state index is 13.6. The van der Waals surface area contributed by atoms with Crippen LogP contribution in [0.4, 0.5) is 0 Å². The SMILES string of the molecule is C.C.C.C.C=CC(=O)OCOc1ccc(CC(=O)Oc2ccc(S(=C)(=O)c3ccc(OC(=O)Cc4ccc(OCOC(=O)C=C)cc4)cc3)cc2)cc1. The van der Waals surface area contributed by atoms with E-state index in [-0.39, 0.29) is 67.6 Å². The third-order valence-corrected chi connectivity index (χ3v) is 8.67. The molecule has 0 saturated carbocycles. The lowest BCUT2D eigenvalue weighted by Gasteiger charge is -2.12. The van der Waals surface area contributed by atoms with E-state index in [1.54, 1.807) is 72.8 Å². The molecule has 0 aliphatic heterocycles. The molecule has 0 spiro atoms. The van der Waals surface area contributed by atoms with Gasteiger partial charge in [-0.15, -0.1) is 0 Å². The average Bonchev–Trinajstić information content (AvgIpc) is 3.10. The van der Waals surface area contributed by atoms with Crippen LogP contribution < -0.4 is 18.9 Å². The van der Waals surface area contributed by atoms with Gasteiger partial charge in [0, 0.05) is 31.5 Å². The van der Waals surface area contributed by atoms with E-state index >= 15 is 0 Å². The topological polar surface area (TPSA) is 141 Å². The molecule has 0 unspecified atom stereocenters. The van der Waals surface area contributed by atoms with Gasteiger partial charge in [-0.3, -0.25) is 13.8 Å². The molecule has 11 nitrogen and oxygen atoms in total. The average molecular weight is 749 g/mol. The van der Waals surface area contributed by atoms with Crippen LogP contribution in [-0.4, -0.2) is 47.5 Å². The lowest BCUT2D eigenvalue weighted by Crippen LogP contribution is -2.12. The van der Waals surface area contributed by atoms with E-state index in [1.807, 2.05) is 0 Å². The molecule has 4 aromatic rings. The van der Waals surface area contributed by atoms with E-state index in [4.69, 9.17) is 28.4 Å². The van der Waals surface area contributed by atoms with Gasteiger partial charge in [-0.2, -0.15) is 0 Å². The minimum Gasteiger partial charge on any atom is -0.457 e. The third kappa shape index (κ3) is 14.6. The predicted molar refractivity (Wildman–Crippen MR) is 207 cm³/mol. The van der Waals surface area contributed by atoms with Crippen LogP contribution in [0.1, 0.15) is 40.8 Å². The summed E-state index contributed by atoms with van der Waals surface area (Å²) in [5.74, 6) is 3.16. The van der Waals surface area contributed by atoms with Crippen molar-refractivity contribution in [2.45, 2.75) is 52.3 Å². The second-order valence-corrected chi connectivity index (χ2v) is 12.4. The van der Waals surface area contributed by atoms with E-state index < -0.39 is 33.4 Å². The van der Waals surface area contributed by atoms with E-state index in [2.05, 4.69) is 19.0 Å². The zero-order chi connectivity index (χ0) is 35.2. The fourth-order valence-electron chi connectivity index (χ4n) is 4.10. The summed E-state index contributed by atoms with van der Waals surface area (Å²) in [4.78, 5) is 47.9. The minimum absolute atomic E-state index is 0. The van der Waals surface area contributed by atoms with E-state index in [0.29, 0.717) is 32.4 Å². The highest BCUT2D eigenvalue weighted by Crippen LogP contribution is 2.26. The van der Waals surface area contributed by atoms with Crippen molar-refractivity contribution in [2.75, 3.05) is 13.6 Å². The Balaban J connectivity index is 0.00000676. The van der Waals surface area contributed by atoms with Crippen molar-refractivity contribution in [3.8, 4) is 23.0 Å². The van der Waals surface area contributed by atoms with Crippen LogP contribution in [0.2, 0.25) is 0 Å². The van der Waals surface area contributed by atoms with Gasteiger partial charge in [-0.25, -0.2) is 9.59 Å². The summed E-state index contributed by atoms with van der Waals surface area (Å²) in [5, 5.41) is 0. The minimum atomic E-state index is -2.93. The first-order valence-electron chi connectivity index (χ1n) is 14.6. The first-order chi connectivity index (χ1) is 23.5. The number of benzene rings is 4. The Kier molecular flexibility index (Phi) is 20.0. The normalized spacial score (nSPS) is 9.81. The fraction of sp³-hybridized carbons (Fsp3) is 0.195. The second-order valence-electron chi connectivity index (χ2n) is 10.1. The van der Waals surface area contributed by atoms with Crippen molar-refractivity contribution in [1.29, 1.82) is 0 Å². The molecule has 0 aliphatic carbocycles. The largest absolute Gasteiger partial charge is 0.457 e. The summed E-state index contributed by atoms with van der Waals surface area (Å²) in [6.07, 6.45) is 2.05. The van der Waals surface area contributed by atoms with E-state index in [0.717, 1.165) is 12.2 Å². The third-order valence-electron chi connectivity index (χ3n) is 6.60. The smallest absolute Gasteiger partial charge is 0.333 e. The van der Waals surface area contributed by atoms with Crippen LogP contribution in [0.3, 0.4) is 0 Å². The summed E-state index contributed by atoms with van der Waals surface area (Å²) in [7, 11) is -2.93. The molecule has 0 amide bonds. The molecule has 0 fully saturated rings. The van der Waals surface area contributed by atoms with Crippen LogP contribution >= 0.6 is 0 Å². The van der Waals surface area contributed by atoms with Crippen molar-refractivity contribution in [3.05, 3.63) is 133 Å². The van der Waals surface area contributed by atoms with Gasteiger partial charge >= 0.3 is 23.9 Å². The van der Waals surface area contributed by atoms with Gasteiger partial charge in [0.05, 0.1) is 12.8 Å². The van der Waals surface area contributed by atoms with Crippen LogP contribution in [-0.2, 0) is 51.0 Å². The Morgan fingerprint density at radius 1 is 0.509 bits per heavy atom. The summed E-state index contributed by atoms with van der Waals surface area (Å²) < 4.78 is 44.6. The van der Waals surface area contributed by atoms with Gasteiger partial charge in [-0.1, -0.05) is 67.1 Å². The molecule has 0 atom stereocenters. The molecule has 0 bridgehead atoms. The lowest BCUT2D eigenvalue weighted by atomic mass is 10.1. The molecule has 0 saturated heterocycles. The maximum Gasteiger partial charge on any atom is 0.333 e. The summed E-state index contributed by atoms with van der Waals surface area (Å²) >= 11 is 0. The molecule has 53 heavy (non-hydrogen) atoms. The van der Waals surface area contributed by atoms with Gasteiger partial charge in [0.25, 0.3) is 0 Å². The van der Waals surface area contributed by atoms with Gasteiger partial charge < -0.3 is 28.4 Å². The van der Waals surface area contributed by atoms with Gasteiger partial charge in [0.2, 0.25) is 13.6 Å². The van der Waals surface area contributed by atoms with Crippen molar-refractivity contribution in [3.63, 3.8) is 0 Å². The summed E-state index contributed by atoms with van der Waals surface area (Å²) in [6, 6.07) is 25.7. The Hall–Kier alpha value is -6.14. The monoisotopic (exact) mass is 748 g/mol. The predicted octanol–water partition coefficient (Wildman–Crippen LogP) is 7.79.